The number of nitrogens with one attached hydrogen (secondary N) is 1. The van der Waals surface area contributed by atoms with Gasteiger partial charge in [-0.05, 0) is 44.2 Å². The Morgan fingerprint density at radius 2 is 2.14 bits per heavy atom. The summed E-state index contributed by atoms with van der Waals surface area (Å²) < 4.78 is 13.9. The first-order valence-electron chi connectivity index (χ1n) is 7.99. The zero-order valence-electron chi connectivity index (χ0n) is 13.0. The molecular weight excluding hydrogens is 267 g/mol. The third kappa shape index (κ3) is 3.74. The van der Waals surface area contributed by atoms with Crippen molar-refractivity contribution in [3.8, 4) is 0 Å². The maximum Gasteiger partial charge on any atom is 0.256 e. The SMILES string of the molecule is CCNc1c(F)cccc1C(=O)N1CCCC(CC)CC1. The average molecular weight is 292 g/mol. The van der Waals surface area contributed by atoms with E-state index >= 15 is 0 Å². The summed E-state index contributed by atoms with van der Waals surface area (Å²) in [5, 5.41) is 2.98. The van der Waals surface area contributed by atoms with E-state index in [1.807, 2.05) is 11.8 Å². The fraction of sp³-hybridized carbons (Fsp3) is 0.588. The smallest absolute Gasteiger partial charge is 0.256 e. The van der Waals surface area contributed by atoms with Crippen LogP contribution in [0.25, 0.3) is 0 Å². The highest BCUT2D eigenvalue weighted by molar-refractivity contribution is 5.99. The number of nitrogens with zero attached hydrogens (tertiary/aromatic N) is 1. The predicted octanol–water partition coefficient (Wildman–Crippen LogP) is 3.91. The number of anilines is 1. The second-order valence-corrected chi connectivity index (χ2v) is 5.69. The van der Waals surface area contributed by atoms with Crippen molar-refractivity contribution >= 4 is 11.6 Å². The van der Waals surface area contributed by atoms with E-state index in [2.05, 4.69) is 12.2 Å². The number of carbonyl (C=O) groups excluding carboxylic acids is 1. The number of benzene rings is 1. The molecule has 1 aromatic rings. The Bertz CT molecular complexity index is 490. The monoisotopic (exact) mass is 292 g/mol. The zero-order valence-corrected chi connectivity index (χ0v) is 13.0. The van der Waals surface area contributed by atoms with Gasteiger partial charge in [-0.15, -0.1) is 0 Å². The normalized spacial score (nSPS) is 19.2. The second kappa shape index (κ2) is 7.43. The topological polar surface area (TPSA) is 32.3 Å². The summed E-state index contributed by atoms with van der Waals surface area (Å²) in [6.45, 7) is 6.26. The predicted molar refractivity (Wildman–Crippen MR) is 84.1 cm³/mol. The van der Waals surface area contributed by atoms with Crippen LogP contribution in [0.15, 0.2) is 18.2 Å². The number of amides is 1. The quantitative estimate of drug-likeness (QED) is 0.912. The minimum absolute atomic E-state index is 0.0535. The molecule has 1 unspecified atom stereocenters. The standard InChI is InChI=1S/C17H25FN2O/c1-3-13-7-6-11-20(12-10-13)17(21)14-8-5-9-15(18)16(14)19-4-2/h5,8-9,13,19H,3-4,6-7,10-12H2,1-2H3. The van der Waals surface area contributed by atoms with E-state index in [-0.39, 0.29) is 11.7 Å². The van der Waals surface area contributed by atoms with Gasteiger partial charge in [-0.2, -0.15) is 0 Å². The van der Waals surface area contributed by atoms with E-state index in [4.69, 9.17) is 0 Å². The van der Waals surface area contributed by atoms with Crippen LogP contribution in [0.2, 0.25) is 0 Å². The van der Waals surface area contributed by atoms with Crippen LogP contribution in [0.5, 0.6) is 0 Å². The van der Waals surface area contributed by atoms with Crippen LogP contribution in [0.4, 0.5) is 10.1 Å². The number of likely N-dealkylation sites (tertiary alicyclic amines) is 1. The molecule has 1 N–H and O–H groups in total. The van der Waals surface area contributed by atoms with E-state index in [1.165, 1.54) is 18.9 Å². The minimum atomic E-state index is -0.357. The van der Waals surface area contributed by atoms with E-state index in [9.17, 15) is 9.18 Å². The Labute approximate surface area is 126 Å². The molecule has 0 saturated carbocycles. The van der Waals surface area contributed by atoms with Crippen molar-refractivity contribution < 1.29 is 9.18 Å². The van der Waals surface area contributed by atoms with Gasteiger partial charge in [0.2, 0.25) is 0 Å². The Balaban J connectivity index is 2.18. The van der Waals surface area contributed by atoms with Crippen LogP contribution in [-0.2, 0) is 0 Å². The summed E-state index contributed by atoms with van der Waals surface area (Å²) in [5.41, 5.74) is 0.785. The first-order valence-corrected chi connectivity index (χ1v) is 7.99. The Morgan fingerprint density at radius 1 is 1.33 bits per heavy atom. The van der Waals surface area contributed by atoms with Crippen molar-refractivity contribution in [1.82, 2.24) is 4.90 Å². The third-order valence-electron chi connectivity index (χ3n) is 4.31. The lowest BCUT2D eigenvalue weighted by atomic mass is 9.98. The highest BCUT2D eigenvalue weighted by atomic mass is 19.1. The van der Waals surface area contributed by atoms with E-state index in [0.717, 1.165) is 25.9 Å². The molecule has 1 heterocycles. The van der Waals surface area contributed by atoms with Crippen LogP contribution >= 0.6 is 0 Å². The molecule has 0 radical (unpaired) electrons. The van der Waals surface area contributed by atoms with Gasteiger partial charge in [-0.25, -0.2) is 4.39 Å². The van der Waals surface area contributed by atoms with Crippen LogP contribution in [0, 0.1) is 11.7 Å². The van der Waals surface area contributed by atoms with E-state index < -0.39 is 0 Å². The number of carbonyl (C=O) groups is 1. The highest BCUT2D eigenvalue weighted by Gasteiger charge is 2.23. The van der Waals surface area contributed by atoms with E-state index in [0.29, 0.717) is 23.7 Å². The van der Waals surface area contributed by atoms with Crippen molar-refractivity contribution in [2.45, 2.75) is 39.5 Å². The number of hydrogen-bond donors (Lipinski definition) is 1. The van der Waals surface area contributed by atoms with Gasteiger partial charge >= 0.3 is 0 Å². The van der Waals surface area contributed by atoms with Gasteiger partial charge in [-0.3, -0.25) is 4.79 Å². The first-order chi connectivity index (χ1) is 10.2. The van der Waals surface area contributed by atoms with Gasteiger partial charge in [-0.1, -0.05) is 19.4 Å². The summed E-state index contributed by atoms with van der Waals surface area (Å²) in [6, 6.07) is 4.71. The van der Waals surface area contributed by atoms with Gasteiger partial charge in [0.1, 0.15) is 5.82 Å². The molecule has 1 aliphatic rings. The van der Waals surface area contributed by atoms with Gasteiger partial charge in [0.15, 0.2) is 0 Å². The maximum atomic E-state index is 13.9. The molecule has 1 amide bonds. The summed E-state index contributed by atoms with van der Waals surface area (Å²) in [6.07, 6.45) is 4.44. The number of hydrogen-bond acceptors (Lipinski definition) is 2. The maximum absolute atomic E-state index is 13.9. The summed E-state index contributed by atoms with van der Waals surface area (Å²) >= 11 is 0. The molecule has 21 heavy (non-hydrogen) atoms. The average Bonchev–Trinajstić information content (AvgIpc) is 2.74. The Kier molecular flexibility index (Phi) is 5.59. The van der Waals surface area contributed by atoms with Crippen molar-refractivity contribution in [2.24, 2.45) is 5.92 Å². The Hall–Kier alpha value is -1.58. The van der Waals surface area contributed by atoms with E-state index in [1.54, 1.807) is 12.1 Å². The lowest BCUT2D eigenvalue weighted by Gasteiger charge is -2.22. The van der Waals surface area contributed by atoms with Crippen molar-refractivity contribution in [3.05, 3.63) is 29.6 Å². The molecule has 116 valence electrons. The summed E-state index contributed by atoms with van der Waals surface area (Å²) in [7, 11) is 0. The molecule has 0 aromatic heterocycles. The van der Waals surface area contributed by atoms with Crippen LogP contribution < -0.4 is 5.32 Å². The molecule has 1 fully saturated rings. The lowest BCUT2D eigenvalue weighted by Crippen LogP contribution is -2.32. The van der Waals surface area contributed by atoms with Crippen molar-refractivity contribution in [1.29, 1.82) is 0 Å². The molecule has 1 aliphatic heterocycles. The number of halogens is 1. The zero-order chi connectivity index (χ0) is 15.2. The molecular formula is C17H25FN2O. The van der Waals surface area contributed by atoms with Gasteiger partial charge < -0.3 is 10.2 Å². The first kappa shape index (κ1) is 15.8. The second-order valence-electron chi connectivity index (χ2n) is 5.69. The van der Waals surface area contributed by atoms with Crippen molar-refractivity contribution in [2.75, 3.05) is 25.0 Å². The molecule has 0 spiro atoms. The highest BCUT2D eigenvalue weighted by Crippen LogP contribution is 2.25. The number of rotatable bonds is 4. The molecule has 3 nitrogen and oxygen atoms in total. The van der Waals surface area contributed by atoms with Crippen LogP contribution in [0.3, 0.4) is 0 Å². The third-order valence-corrected chi connectivity index (χ3v) is 4.31. The number of para-hydroxylation sites is 1. The molecule has 1 saturated heterocycles. The lowest BCUT2D eigenvalue weighted by molar-refractivity contribution is 0.0760. The molecule has 0 bridgehead atoms. The van der Waals surface area contributed by atoms with Gasteiger partial charge in [0, 0.05) is 19.6 Å². The molecule has 4 heteroatoms. The fourth-order valence-electron chi connectivity index (χ4n) is 3.01. The molecule has 0 aliphatic carbocycles. The van der Waals surface area contributed by atoms with Crippen molar-refractivity contribution in [3.63, 3.8) is 0 Å². The summed E-state index contributed by atoms with van der Waals surface area (Å²) in [5.74, 6) is 0.301. The van der Waals surface area contributed by atoms with Gasteiger partial charge in [0.05, 0.1) is 11.3 Å². The van der Waals surface area contributed by atoms with Crippen LogP contribution in [-0.4, -0.2) is 30.4 Å². The molecule has 1 atom stereocenters. The molecule has 2 rings (SSSR count). The summed E-state index contributed by atoms with van der Waals surface area (Å²) in [4.78, 5) is 14.6. The Morgan fingerprint density at radius 3 is 2.86 bits per heavy atom. The minimum Gasteiger partial charge on any atom is -0.382 e. The fourth-order valence-corrected chi connectivity index (χ4v) is 3.01. The molecule has 1 aromatic carbocycles. The van der Waals surface area contributed by atoms with Crippen LogP contribution in [0.1, 0.15) is 49.9 Å². The largest absolute Gasteiger partial charge is 0.382 e. The van der Waals surface area contributed by atoms with Gasteiger partial charge in [0.25, 0.3) is 5.91 Å².